The summed E-state index contributed by atoms with van der Waals surface area (Å²) in [5.74, 6) is 0.0981. The van der Waals surface area contributed by atoms with E-state index in [1.807, 2.05) is 24.3 Å². The highest BCUT2D eigenvalue weighted by Crippen LogP contribution is 2.11. The van der Waals surface area contributed by atoms with Gasteiger partial charge in [-0.2, -0.15) is 0 Å². The number of aliphatic hydroxyl groups is 1. The van der Waals surface area contributed by atoms with Crippen LogP contribution in [0.4, 0.5) is 0 Å². The van der Waals surface area contributed by atoms with E-state index in [0.717, 1.165) is 17.5 Å². The second-order valence-electron chi connectivity index (χ2n) is 5.66. The Morgan fingerprint density at radius 2 is 1.57 bits per heavy atom. The van der Waals surface area contributed by atoms with Crippen molar-refractivity contribution < 1.29 is 15.0 Å². The van der Waals surface area contributed by atoms with Gasteiger partial charge in [-0.25, -0.2) is 0 Å². The second-order valence-corrected chi connectivity index (χ2v) is 5.66. The Labute approximate surface area is 136 Å². The van der Waals surface area contributed by atoms with Gasteiger partial charge in [0.2, 0.25) is 5.91 Å². The molecule has 0 saturated heterocycles. The van der Waals surface area contributed by atoms with Gasteiger partial charge < -0.3 is 15.5 Å². The van der Waals surface area contributed by atoms with Gasteiger partial charge in [-0.3, -0.25) is 4.79 Å². The molecule has 23 heavy (non-hydrogen) atoms. The first-order chi connectivity index (χ1) is 11.1. The van der Waals surface area contributed by atoms with Crippen molar-refractivity contribution in [1.82, 2.24) is 5.32 Å². The summed E-state index contributed by atoms with van der Waals surface area (Å²) in [6.07, 6.45) is 1.80. The van der Waals surface area contributed by atoms with Gasteiger partial charge in [-0.05, 0) is 41.7 Å². The minimum Gasteiger partial charge on any atom is -0.508 e. The average molecular weight is 313 g/mol. The van der Waals surface area contributed by atoms with Crippen molar-refractivity contribution in [1.29, 1.82) is 0 Å². The number of nitrogens with one attached hydrogen (secondary N) is 1. The first kappa shape index (κ1) is 17.0. The fourth-order valence-electron chi connectivity index (χ4n) is 2.43. The summed E-state index contributed by atoms with van der Waals surface area (Å²) >= 11 is 0. The smallest absolute Gasteiger partial charge is 0.224 e. The van der Waals surface area contributed by atoms with E-state index in [9.17, 15) is 15.0 Å². The third-order valence-corrected chi connectivity index (χ3v) is 3.80. The summed E-state index contributed by atoms with van der Waals surface area (Å²) in [6, 6.07) is 14.4. The highest BCUT2D eigenvalue weighted by molar-refractivity contribution is 5.78. The van der Waals surface area contributed by atoms with Crippen molar-refractivity contribution >= 4 is 5.91 Å². The lowest BCUT2D eigenvalue weighted by atomic mass is 10.0. The Morgan fingerprint density at radius 1 is 1.00 bits per heavy atom. The quantitative estimate of drug-likeness (QED) is 0.734. The van der Waals surface area contributed by atoms with Crippen LogP contribution in [0.3, 0.4) is 0 Å². The SMILES string of the molecule is CCc1ccc(CC(=O)N[C@H](CO)Cc2ccc(O)cc2)cc1. The lowest BCUT2D eigenvalue weighted by Gasteiger charge is -2.16. The standard InChI is InChI=1S/C19H23NO3/c1-2-14-3-5-16(6-4-14)12-19(23)20-17(13-21)11-15-7-9-18(22)10-8-15/h3-10,17,21-22H,2,11-13H2,1H3,(H,20,23)/t17-/m0/s1. The normalized spacial score (nSPS) is 11.9. The third kappa shape index (κ3) is 5.42. The molecule has 0 saturated carbocycles. The summed E-state index contributed by atoms with van der Waals surface area (Å²) in [5, 5.41) is 21.6. The van der Waals surface area contributed by atoms with E-state index in [1.165, 1.54) is 5.56 Å². The van der Waals surface area contributed by atoms with Gasteiger partial charge in [-0.15, -0.1) is 0 Å². The van der Waals surface area contributed by atoms with E-state index < -0.39 is 0 Å². The van der Waals surface area contributed by atoms with Crippen LogP contribution < -0.4 is 5.32 Å². The monoisotopic (exact) mass is 313 g/mol. The highest BCUT2D eigenvalue weighted by Gasteiger charge is 2.12. The molecule has 0 fully saturated rings. The summed E-state index contributed by atoms with van der Waals surface area (Å²) in [7, 11) is 0. The van der Waals surface area contributed by atoms with Gasteiger partial charge >= 0.3 is 0 Å². The van der Waals surface area contributed by atoms with Crippen LogP contribution in [-0.2, 0) is 24.1 Å². The van der Waals surface area contributed by atoms with E-state index in [1.54, 1.807) is 24.3 Å². The molecule has 0 aliphatic rings. The zero-order valence-corrected chi connectivity index (χ0v) is 13.3. The molecular weight excluding hydrogens is 290 g/mol. The molecule has 4 heteroatoms. The Morgan fingerprint density at radius 3 is 2.13 bits per heavy atom. The van der Waals surface area contributed by atoms with Crippen molar-refractivity contribution in [3.05, 3.63) is 65.2 Å². The molecule has 0 aliphatic carbocycles. The Bertz CT molecular complexity index is 620. The average Bonchev–Trinajstić information content (AvgIpc) is 2.57. The number of carbonyl (C=O) groups excluding carboxylic acids is 1. The maximum absolute atomic E-state index is 12.1. The first-order valence-corrected chi connectivity index (χ1v) is 7.86. The molecule has 2 aromatic rings. The largest absolute Gasteiger partial charge is 0.508 e. The van der Waals surface area contributed by atoms with Crippen molar-refractivity contribution in [2.24, 2.45) is 0 Å². The predicted molar refractivity (Wildman–Crippen MR) is 90.4 cm³/mol. The summed E-state index contributed by atoms with van der Waals surface area (Å²) in [6.45, 7) is 1.97. The van der Waals surface area contributed by atoms with Crippen molar-refractivity contribution in [2.75, 3.05) is 6.61 Å². The summed E-state index contributed by atoms with van der Waals surface area (Å²) in [4.78, 5) is 12.1. The number of benzene rings is 2. The molecule has 0 heterocycles. The van der Waals surface area contributed by atoms with Crippen molar-refractivity contribution in [2.45, 2.75) is 32.2 Å². The molecule has 4 nitrogen and oxygen atoms in total. The van der Waals surface area contributed by atoms with E-state index in [0.29, 0.717) is 12.8 Å². The fourth-order valence-corrected chi connectivity index (χ4v) is 2.43. The van der Waals surface area contributed by atoms with Crippen LogP contribution >= 0.6 is 0 Å². The van der Waals surface area contributed by atoms with Gasteiger partial charge in [0.05, 0.1) is 19.1 Å². The van der Waals surface area contributed by atoms with E-state index in [4.69, 9.17) is 0 Å². The predicted octanol–water partition coefficient (Wildman–Crippen LogP) is 2.22. The van der Waals surface area contributed by atoms with Crippen LogP contribution in [0.15, 0.2) is 48.5 Å². The number of aliphatic hydroxyl groups excluding tert-OH is 1. The first-order valence-electron chi connectivity index (χ1n) is 7.86. The number of hydrogen-bond acceptors (Lipinski definition) is 3. The van der Waals surface area contributed by atoms with Crippen LogP contribution in [0.2, 0.25) is 0 Å². The Hall–Kier alpha value is -2.33. The van der Waals surface area contributed by atoms with Crippen LogP contribution in [0, 0.1) is 0 Å². The molecule has 2 aromatic carbocycles. The zero-order valence-electron chi connectivity index (χ0n) is 13.3. The lowest BCUT2D eigenvalue weighted by Crippen LogP contribution is -2.39. The zero-order chi connectivity index (χ0) is 16.7. The molecule has 2 rings (SSSR count). The fraction of sp³-hybridized carbons (Fsp3) is 0.316. The van der Waals surface area contributed by atoms with Gasteiger partial charge in [0.15, 0.2) is 0 Å². The molecule has 1 amide bonds. The van der Waals surface area contributed by atoms with Crippen LogP contribution in [0.5, 0.6) is 5.75 Å². The van der Waals surface area contributed by atoms with Crippen LogP contribution in [-0.4, -0.2) is 28.8 Å². The van der Waals surface area contributed by atoms with Gasteiger partial charge in [0.25, 0.3) is 0 Å². The summed E-state index contributed by atoms with van der Waals surface area (Å²) in [5.41, 5.74) is 3.16. The minimum atomic E-state index is -0.332. The maximum Gasteiger partial charge on any atom is 0.224 e. The van der Waals surface area contributed by atoms with Gasteiger partial charge in [-0.1, -0.05) is 43.3 Å². The molecule has 0 aliphatic heterocycles. The van der Waals surface area contributed by atoms with Gasteiger partial charge in [0, 0.05) is 0 Å². The maximum atomic E-state index is 12.1. The lowest BCUT2D eigenvalue weighted by molar-refractivity contribution is -0.121. The van der Waals surface area contributed by atoms with E-state index >= 15 is 0 Å². The molecule has 0 bridgehead atoms. The van der Waals surface area contributed by atoms with E-state index in [-0.39, 0.29) is 24.3 Å². The number of aryl methyl sites for hydroxylation is 1. The Kier molecular flexibility index (Phi) is 6.18. The number of carbonyl (C=O) groups is 1. The number of rotatable bonds is 7. The molecule has 0 radical (unpaired) electrons. The topological polar surface area (TPSA) is 69.6 Å². The van der Waals surface area contributed by atoms with Crippen molar-refractivity contribution in [3.8, 4) is 5.75 Å². The number of phenolic OH excluding ortho intramolecular Hbond substituents is 1. The molecule has 0 unspecified atom stereocenters. The number of amides is 1. The Balaban J connectivity index is 1.89. The number of aromatic hydroxyl groups is 1. The molecule has 1 atom stereocenters. The third-order valence-electron chi connectivity index (χ3n) is 3.80. The summed E-state index contributed by atoms with van der Waals surface area (Å²) < 4.78 is 0. The van der Waals surface area contributed by atoms with Crippen molar-refractivity contribution in [3.63, 3.8) is 0 Å². The molecule has 0 aromatic heterocycles. The molecular formula is C19H23NO3. The number of phenols is 1. The van der Waals surface area contributed by atoms with Crippen LogP contribution in [0.1, 0.15) is 23.6 Å². The second kappa shape index (κ2) is 8.34. The minimum absolute atomic E-state index is 0.105. The molecule has 3 N–H and O–H groups in total. The van der Waals surface area contributed by atoms with Gasteiger partial charge in [0.1, 0.15) is 5.75 Å². The molecule has 122 valence electrons. The highest BCUT2D eigenvalue weighted by atomic mass is 16.3. The van der Waals surface area contributed by atoms with Crippen LogP contribution in [0.25, 0.3) is 0 Å². The van der Waals surface area contributed by atoms with E-state index in [2.05, 4.69) is 12.2 Å². The number of hydrogen-bond donors (Lipinski definition) is 3. The molecule has 0 spiro atoms.